The van der Waals surface area contributed by atoms with Crippen LogP contribution in [0.5, 0.6) is 0 Å². The van der Waals surface area contributed by atoms with Crippen molar-refractivity contribution in [3.05, 3.63) is 0 Å². The highest BCUT2D eigenvalue weighted by atomic mass is 16.7. The van der Waals surface area contributed by atoms with Gasteiger partial charge in [0.2, 0.25) is 0 Å². The van der Waals surface area contributed by atoms with Crippen molar-refractivity contribution in [2.45, 2.75) is 25.9 Å². The van der Waals surface area contributed by atoms with Crippen LogP contribution in [-0.4, -0.2) is 31.2 Å². The van der Waals surface area contributed by atoms with Gasteiger partial charge in [-0.1, -0.05) is 0 Å². The van der Waals surface area contributed by atoms with Gasteiger partial charge in [-0.2, -0.15) is 0 Å². The third-order valence-corrected chi connectivity index (χ3v) is 1.28. The fourth-order valence-electron chi connectivity index (χ4n) is 0.560. The summed E-state index contributed by atoms with van der Waals surface area (Å²) in [6, 6.07) is 0. The highest BCUT2D eigenvalue weighted by Gasteiger charge is 2.16. The van der Waals surface area contributed by atoms with Crippen LogP contribution in [0.1, 0.15) is 20.3 Å². The number of aliphatic hydroxyl groups excluding tert-OH is 1. The molecule has 1 N–H and O–H groups in total. The summed E-state index contributed by atoms with van der Waals surface area (Å²) in [5.74, 6) is 0. The molecule has 0 aromatic rings. The van der Waals surface area contributed by atoms with Gasteiger partial charge in [0.1, 0.15) is 6.79 Å². The smallest absolute Gasteiger partial charge is 0.147 e. The van der Waals surface area contributed by atoms with Crippen LogP contribution in [-0.2, 0) is 9.47 Å². The van der Waals surface area contributed by atoms with Gasteiger partial charge in [0, 0.05) is 13.7 Å². The average Bonchev–Trinajstić information content (AvgIpc) is 1.84. The van der Waals surface area contributed by atoms with Crippen molar-refractivity contribution < 1.29 is 14.6 Å². The highest BCUT2D eigenvalue weighted by molar-refractivity contribution is 4.66. The highest BCUT2D eigenvalue weighted by Crippen LogP contribution is 2.12. The molecule has 3 heteroatoms. The molecule has 0 heterocycles. The maximum Gasteiger partial charge on any atom is 0.147 e. The molecule has 0 saturated carbocycles. The first-order valence-corrected chi connectivity index (χ1v) is 3.36. The molecule has 3 nitrogen and oxygen atoms in total. The van der Waals surface area contributed by atoms with Gasteiger partial charge in [-0.15, -0.1) is 0 Å². The van der Waals surface area contributed by atoms with Crippen LogP contribution in [0, 0.1) is 0 Å². The summed E-state index contributed by atoms with van der Waals surface area (Å²) in [4.78, 5) is 0. The van der Waals surface area contributed by atoms with Gasteiger partial charge >= 0.3 is 0 Å². The molecule has 0 aromatic carbocycles. The Bertz CT molecular complexity index is 80.9. The van der Waals surface area contributed by atoms with E-state index in [4.69, 9.17) is 14.6 Å². The molecule has 10 heavy (non-hydrogen) atoms. The third-order valence-electron chi connectivity index (χ3n) is 1.28. The van der Waals surface area contributed by atoms with E-state index < -0.39 is 0 Å². The van der Waals surface area contributed by atoms with E-state index in [1.807, 2.05) is 13.8 Å². The summed E-state index contributed by atoms with van der Waals surface area (Å²) in [5.41, 5.74) is -0.273. The van der Waals surface area contributed by atoms with Crippen molar-refractivity contribution in [1.29, 1.82) is 0 Å². The third kappa shape index (κ3) is 4.73. The summed E-state index contributed by atoms with van der Waals surface area (Å²) in [6.07, 6.45) is 0.635. The Morgan fingerprint density at radius 1 is 1.40 bits per heavy atom. The molecule has 0 aromatic heterocycles. The van der Waals surface area contributed by atoms with Gasteiger partial charge < -0.3 is 14.6 Å². The van der Waals surface area contributed by atoms with Gasteiger partial charge in [0.05, 0.1) is 5.60 Å². The first-order valence-electron chi connectivity index (χ1n) is 3.36. The van der Waals surface area contributed by atoms with Crippen LogP contribution in [0.25, 0.3) is 0 Å². The quantitative estimate of drug-likeness (QED) is 0.585. The van der Waals surface area contributed by atoms with Crippen LogP contribution < -0.4 is 0 Å². The molecule has 0 bridgehead atoms. The van der Waals surface area contributed by atoms with Crippen molar-refractivity contribution >= 4 is 0 Å². The van der Waals surface area contributed by atoms with Crippen molar-refractivity contribution in [3.63, 3.8) is 0 Å². The number of ether oxygens (including phenoxy) is 2. The molecule has 0 unspecified atom stereocenters. The lowest BCUT2D eigenvalue weighted by molar-refractivity contribution is -0.120. The van der Waals surface area contributed by atoms with Crippen molar-refractivity contribution in [2.24, 2.45) is 0 Å². The monoisotopic (exact) mass is 148 g/mol. The summed E-state index contributed by atoms with van der Waals surface area (Å²) in [5, 5.41) is 8.58. The second-order valence-corrected chi connectivity index (χ2v) is 2.78. The second-order valence-electron chi connectivity index (χ2n) is 2.78. The molecule has 0 radical (unpaired) electrons. The van der Waals surface area contributed by atoms with E-state index in [-0.39, 0.29) is 19.0 Å². The van der Waals surface area contributed by atoms with E-state index in [0.29, 0.717) is 6.42 Å². The Balaban J connectivity index is 3.42. The Labute approximate surface area is 62.0 Å². The minimum absolute atomic E-state index is 0.150. The van der Waals surface area contributed by atoms with E-state index in [1.165, 1.54) is 0 Å². The van der Waals surface area contributed by atoms with Gasteiger partial charge in [-0.05, 0) is 20.3 Å². The van der Waals surface area contributed by atoms with Gasteiger partial charge in [0.25, 0.3) is 0 Å². The molecule has 0 spiro atoms. The van der Waals surface area contributed by atoms with Crippen LogP contribution in [0.4, 0.5) is 0 Å². The molecular weight excluding hydrogens is 132 g/mol. The Morgan fingerprint density at radius 2 is 2.00 bits per heavy atom. The van der Waals surface area contributed by atoms with Gasteiger partial charge in [0.15, 0.2) is 0 Å². The van der Waals surface area contributed by atoms with Crippen molar-refractivity contribution in [3.8, 4) is 0 Å². The van der Waals surface area contributed by atoms with Crippen LogP contribution >= 0.6 is 0 Å². The summed E-state index contributed by atoms with van der Waals surface area (Å²) in [7, 11) is 1.58. The van der Waals surface area contributed by atoms with Crippen molar-refractivity contribution in [2.75, 3.05) is 20.5 Å². The molecule has 62 valence electrons. The Hall–Kier alpha value is -0.120. The molecule has 0 aliphatic carbocycles. The molecule has 0 aliphatic rings. The Morgan fingerprint density at radius 3 is 2.40 bits per heavy atom. The predicted molar refractivity (Wildman–Crippen MR) is 38.7 cm³/mol. The number of aliphatic hydroxyl groups is 1. The molecule has 0 saturated heterocycles. The molecular formula is C7H16O3. The molecule has 0 fully saturated rings. The van der Waals surface area contributed by atoms with Crippen molar-refractivity contribution in [1.82, 2.24) is 0 Å². The summed E-state index contributed by atoms with van der Waals surface area (Å²) >= 11 is 0. The zero-order chi connectivity index (χ0) is 8.04. The van der Waals surface area contributed by atoms with E-state index >= 15 is 0 Å². The van der Waals surface area contributed by atoms with Crippen LogP contribution in [0.2, 0.25) is 0 Å². The molecule has 0 aliphatic heterocycles. The van der Waals surface area contributed by atoms with E-state index in [0.717, 1.165) is 0 Å². The number of hydrogen-bond donors (Lipinski definition) is 1. The Kier molecular flexibility index (Phi) is 4.60. The lowest BCUT2D eigenvalue weighted by Crippen LogP contribution is -2.26. The SMILES string of the molecule is COCOC(C)(C)CCO. The minimum Gasteiger partial charge on any atom is -0.396 e. The zero-order valence-electron chi connectivity index (χ0n) is 6.89. The summed E-state index contributed by atoms with van der Waals surface area (Å²) in [6.45, 7) is 4.27. The first-order chi connectivity index (χ1) is 4.62. The second kappa shape index (κ2) is 4.66. The van der Waals surface area contributed by atoms with E-state index in [9.17, 15) is 0 Å². The predicted octanol–water partition coefficient (Wildman–Crippen LogP) is 0.768. The first kappa shape index (κ1) is 9.88. The van der Waals surface area contributed by atoms with E-state index in [1.54, 1.807) is 7.11 Å². The largest absolute Gasteiger partial charge is 0.396 e. The average molecular weight is 148 g/mol. The molecule has 0 atom stereocenters. The molecule has 0 amide bonds. The number of hydrogen-bond acceptors (Lipinski definition) is 3. The normalized spacial score (nSPS) is 12.0. The zero-order valence-corrected chi connectivity index (χ0v) is 6.89. The standard InChI is InChI=1S/C7H16O3/c1-7(2,4-5-8)10-6-9-3/h8H,4-6H2,1-3H3. The molecule has 0 rings (SSSR count). The van der Waals surface area contributed by atoms with E-state index in [2.05, 4.69) is 0 Å². The lowest BCUT2D eigenvalue weighted by Gasteiger charge is -2.23. The van der Waals surface area contributed by atoms with Crippen LogP contribution in [0.15, 0.2) is 0 Å². The summed E-state index contributed by atoms with van der Waals surface area (Å²) < 4.78 is 9.96. The maximum absolute atomic E-state index is 8.58. The number of rotatable bonds is 5. The fraction of sp³-hybridized carbons (Fsp3) is 1.00. The van der Waals surface area contributed by atoms with Gasteiger partial charge in [-0.25, -0.2) is 0 Å². The topological polar surface area (TPSA) is 38.7 Å². The van der Waals surface area contributed by atoms with Gasteiger partial charge in [-0.3, -0.25) is 0 Å². The van der Waals surface area contributed by atoms with Crippen LogP contribution in [0.3, 0.4) is 0 Å². The lowest BCUT2D eigenvalue weighted by atomic mass is 10.1. The number of methoxy groups -OCH3 is 1. The maximum atomic E-state index is 8.58. The fourth-order valence-corrected chi connectivity index (χ4v) is 0.560. The minimum atomic E-state index is -0.273.